The van der Waals surface area contributed by atoms with Crippen LogP contribution in [0.3, 0.4) is 0 Å². The normalized spacial score (nSPS) is 10.2. The maximum atomic E-state index is 11.3. The number of aryl methyl sites for hydroxylation is 1. The van der Waals surface area contributed by atoms with Crippen LogP contribution in [0.25, 0.3) is 11.4 Å². The summed E-state index contributed by atoms with van der Waals surface area (Å²) in [5.41, 5.74) is 1.57. The fourth-order valence-corrected chi connectivity index (χ4v) is 1.53. The molecule has 0 amide bonds. The van der Waals surface area contributed by atoms with Crippen molar-refractivity contribution in [1.82, 2.24) is 15.0 Å². The summed E-state index contributed by atoms with van der Waals surface area (Å²) < 4.78 is 4.87. The van der Waals surface area contributed by atoms with E-state index < -0.39 is 5.69 Å². The van der Waals surface area contributed by atoms with Gasteiger partial charge in [0.15, 0.2) is 0 Å². The van der Waals surface area contributed by atoms with Gasteiger partial charge in [-0.3, -0.25) is 4.98 Å². The number of nitrogens with zero attached hydrogens (tertiary/aromatic N) is 2. The molecule has 17 heavy (non-hydrogen) atoms. The predicted molar refractivity (Wildman–Crippen MR) is 64.0 cm³/mol. The van der Waals surface area contributed by atoms with Crippen LogP contribution in [0.15, 0.2) is 29.1 Å². The Hall–Kier alpha value is -2.17. The Morgan fingerprint density at radius 3 is 2.88 bits per heavy atom. The van der Waals surface area contributed by atoms with Gasteiger partial charge < -0.3 is 4.74 Å². The van der Waals surface area contributed by atoms with E-state index in [0.717, 1.165) is 12.0 Å². The first-order valence-electron chi connectivity index (χ1n) is 5.34. The molecule has 0 bridgehead atoms. The topological polar surface area (TPSA) is 67.9 Å². The third kappa shape index (κ3) is 2.50. The van der Waals surface area contributed by atoms with Crippen molar-refractivity contribution in [2.24, 2.45) is 0 Å². The van der Waals surface area contributed by atoms with E-state index in [4.69, 9.17) is 4.74 Å². The van der Waals surface area contributed by atoms with E-state index in [1.54, 1.807) is 0 Å². The minimum absolute atomic E-state index is 0.0747. The van der Waals surface area contributed by atoms with Gasteiger partial charge in [-0.1, -0.05) is 25.1 Å². The van der Waals surface area contributed by atoms with Crippen molar-refractivity contribution in [3.8, 4) is 17.4 Å². The minimum atomic E-state index is -0.464. The van der Waals surface area contributed by atoms with Gasteiger partial charge in [0.25, 0.3) is 0 Å². The van der Waals surface area contributed by atoms with Crippen LogP contribution in [0.5, 0.6) is 6.01 Å². The van der Waals surface area contributed by atoms with E-state index in [-0.39, 0.29) is 6.01 Å². The Balaban J connectivity index is 2.51. The maximum Gasteiger partial charge on any atom is 0.351 e. The fraction of sp³-hybridized carbons (Fsp3) is 0.250. The van der Waals surface area contributed by atoms with Gasteiger partial charge in [0.1, 0.15) is 5.82 Å². The molecule has 0 saturated carbocycles. The maximum absolute atomic E-state index is 11.3. The Labute approximate surface area is 98.5 Å². The van der Waals surface area contributed by atoms with Gasteiger partial charge in [-0.2, -0.15) is 4.98 Å². The van der Waals surface area contributed by atoms with E-state index in [1.807, 2.05) is 24.3 Å². The first-order valence-corrected chi connectivity index (χ1v) is 5.34. The number of hydrogen-bond acceptors (Lipinski definition) is 4. The van der Waals surface area contributed by atoms with Crippen molar-refractivity contribution in [2.45, 2.75) is 13.3 Å². The molecular formula is C12H13N3O2. The number of aromatic amines is 1. The lowest BCUT2D eigenvalue weighted by molar-refractivity contribution is 0.377. The second-order valence-electron chi connectivity index (χ2n) is 3.54. The zero-order valence-corrected chi connectivity index (χ0v) is 9.73. The summed E-state index contributed by atoms with van der Waals surface area (Å²) in [6.45, 7) is 2.07. The molecule has 1 N–H and O–H groups in total. The Morgan fingerprint density at radius 2 is 2.18 bits per heavy atom. The zero-order chi connectivity index (χ0) is 12.3. The second-order valence-corrected chi connectivity index (χ2v) is 3.54. The van der Waals surface area contributed by atoms with Gasteiger partial charge in [0.05, 0.1) is 7.11 Å². The highest BCUT2D eigenvalue weighted by atomic mass is 16.5. The molecule has 0 aliphatic carbocycles. The monoisotopic (exact) mass is 231 g/mol. The highest BCUT2D eigenvalue weighted by Gasteiger charge is 2.05. The Morgan fingerprint density at radius 1 is 1.35 bits per heavy atom. The summed E-state index contributed by atoms with van der Waals surface area (Å²) in [5, 5.41) is 0. The molecule has 0 saturated heterocycles. The summed E-state index contributed by atoms with van der Waals surface area (Å²) in [7, 11) is 1.43. The molecule has 5 nitrogen and oxygen atoms in total. The third-order valence-electron chi connectivity index (χ3n) is 2.42. The Kier molecular flexibility index (Phi) is 3.18. The first kappa shape index (κ1) is 11.3. The average Bonchev–Trinajstić information content (AvgIpc) is 2.38. The van der Waals surface area contributed by atoms with Crippen molar-refractivity contribution < 1.29 is 4.74 Å². The number of benzene rings is 1. The van der Waals surface area contributed by atoms with E-state index in [1.165, 1.54) is 12.7 Å². The number of aromatic nitrogens is 3. The van der Waals surface area contributed by atoms with Crippen LogP contribution in [-0.4, -0.2) is 22.1 Å². The summed E-state index contributed by atoms with van der Waals surface area (Å²) in [6, 6.07) is 7.90. The predicted octanol–water partition coefficient (Wildman–Crippen LogP) is 1.40. The fourth-order valence-electron chi connectivity index (χ4n) is 1.53. The molecule has 0 aliphatic heterocycles. The second kappa shape index (κ2) is 4.78. The van der Waals surface area contributed by atoms with Crippen molar-refractivity contribution in [3.05, 3.63) is 40.3 Å². The molecule has 88 valence electrons. The molecule has 2 aromatic rings. The number of hydrogen-bond donors (Lipinski definition) is 1. The van der Waals surface area contributed by atoms with Crippen molar-refractivity contribution >= 4 is 0 Å². The average molecular weight is 231 g/mol. The lowest BCUT2D eigenvalue weighted by Crippen LogP contribution is -2.14. The number of H-pyrrole nitrogens is 1. The molecule has 1 heterocycles. The van der Waals surface area contributed by atoms with Crippen LogP contribution >= 0.6 is 0 Å². The highest BCUT2D eigenvalue weighted by Crippen LogP contribution is 2.16. The molecule has 0 fully saturated rings. The number of methoxy groups -OCH3 is 1. The van der Waals surface area contributed by atoms with Gasteiger partial charge in [0.2, 0.25) is 0 Å². The molecule has 0 aliphatic rings. The molecular weight excluding hydrogens is 218 g/mol. The molecule has 1 aromatic heterocycles. The van der Waals surface area contributed by atoms with E-state index in [0.29, 0.717) is 5.82 Å². The molecule has 2 rings (SSSR count). The van der Waals surface area contributed by atoms with E-state index in [9.17, 15) is 4.79 Å². The molecule has 0 radical (unpaired) electrons. The molecule has 1 aromatic carbocycles. The standard InChI is InChI=1S/C12H13N3O2/c1-3-8-5-4-6-9(7-8)10-13-11(16)15-12(14-10)17-2/h4-7H,3H2,1-2H3,(H,13,14,15,16). The van der Waals surface area contributed by atoms with Gasteiger partial charge in [-0.25, -0.2) is 4.79 Å². The number of nitrogens with one attached hydrogen (secondary N) is 1. The lowest BCUT2D eigenvalue weighted by Gasteiger charge is -2.04. The number of ether oxygens (including phenoxy) is 1. The number of rotatable bonds is 3. The largest absolute Gasteiger partial charge is 0.467 e. The van der Waals surface area contributed by atoms with Crippen molar-refractivity contribution in [1.29, 1.82) is 0 Å². The van der Waals surface area contributed by atoms with Crippen molar-refractivity contribution in [2.75, 3.05) is 7.11 Å². The summed E-state index contributed by atoms with van der Waals surface area (Å²) in [6.07, 6.45) is 0.931. The van der Waals surface area contributed by atoms with Crippen LogP contribution in [0.1, 0.15) is 12.5 Å². The smallest absolute Gasteiger partial charge is 0.351 e. The van der Waals surface area contributed by atoms with Crippen LogP contribution < -0.4 is 10.4 Å². The van der Waals surface area contributed by atoms with E-state index in [2.05, 4.69) is 21.9 Å². The molecule has 0 unspecified atom stereocenters. The molecule has 5 heteroatoms. The highest BCUT2D eigenvalue weighted by molar-refractivity contribution is 5.55. The summed E-state index contributed by atoms with van der Waals surface area (Å²) >= 11 is 0. The lowest BCUT2D eigenvalue weighted by atomic mass is 10.1. The molecule has 0 spiro atoms. The SMILES string of the molecule is CCc1cccc(-c2nc(OC)nc(=O)[nH]2)c1. The van der Waals surface area contributed by atoms with Gasteiger partial charge in [0, 0.05) is 5.56 Å². The zero-order valence-electron chi connectivity index (χ0n) is 9.73. The van der Waals surface area contributed by atoms with Crippen LogP contribution in [0, 0.1) is 0 Å². The minimum Gasteiger partial charge on any atom is -0.467 e. The summed E-state index contributed by atoms with van der Waals surface area (Å²) in [5.74, 6) is 0.470. The van der Waals surface area contributed by atoms with Gasteiger partial charge in [-0.05, 0) is 18.1 Å². The third-order valence-corrected chi connectivity index (χ3v) is 2.42. The van der Waals surface area contributed by atoms with Crippen molar-refractivity contribution in [3.63, 3.8) is 0 Å². The first-order chi connectivity index (χ1) is 8.22. The van der Waals surface area contributed by atoms with Crippen LogP contribution in [-0.2, 0) is 6.42 Å². The molecule has 0 atom stereocenters. The summed E-state index contributed by atoms with van der Waals surface area (Å²) in [4.78, 5) is 21.6. The van der Waals surface area contributed by atoms with Gasteiger partial charge in [-0.15, -0.1) is 4.98 Å². The van der Waals surface area contributed by atoms with Crippen LogP contribution in [0.4, 0.5) is 0 Å². The Bertz CT molecular complexity index is 578. The van der Waals surface area contributed by atoms with Crippen LogP contribution in [0.2, 0.25) is 0 Å². The van der Waals surface area contributed by atoms with Gasteiger partial charge >= 0.3 is 11.7 Å². The van der Waals surface area contributed by atoms with E-state index >= 15 is 0 Å². The quantitative estimate of drug-likeness (QED) is 0.867.